The Morgan fingerprint density at radius 1 is 0.600 bits per heavy atom. The third-order valence-corrected chi connectivity index (χ3v) is 0. The van der Waals surface area contributed by atoms with Gasteiger partial charge in [-0.3, -0.25) is 0 Å². The summed E-state index contributed by atoms with van der Waals surface area (Å²) in [5, 5.41) is 0. The van der Waals surface area contributed by atoms with Gasteiger partial charge in [0.05, 0.1) is 0 Å². The number of rotatable bonds is 0. The van der Waals surface area contributed by atoms with Crippen molar-refractivity contribution in [3.05, 3.63) is 0 Å². The number of hydrogen-bond donors (Lipinski definition) is 0. The van der Waals surface area contributed by atoms with Gasteiger partial charge >= 0.3 is 76.9 Å². The standard InChI is InChI=1S/Al.Cl5P.3ClH/c;1-6(2,3,4)5;;;/h;;3*1H/q+3;;;;/p-3. The third kappa shape index (κ3) is 111. The zero-order chi connectivity index (χ0) is 5.45. The molecule has 0 atom stereocenters. The van der Waals surface area contributed by atoms with Gasteiger partial charge in [-0.25, -0.2) is 0 Å². The predicted molar refractivity (Wildman–Crippen MR) is 41.9 cm³/mol. The molecule has 0 spiro atoms. The van der Waals surface area contributed by atoms with E-state index in [0.717, 1.165) is 0 Å². The number of hydrogen-bond acceptors (Lipinski definition) is 0. The van der Waals surface area contributed by atoms with E-state index in [2.05, 4.69) is 0 Å². The monoisotopic (exact) mass is 338 g/mol. The van der Waals surface area contributed by atoms with E-state index in [-0.39, 0.29) is 54.6 Å². The zero-order valence-electron chi connectivity index (χ0n) is 4.05. The van der Waals surface area contributed by atoms with Crippen LogP contribution in [0.1, 0.15) is 0 Å². The van der Waals surface area contributed by atoms with Crippen molar-refractivity contribution in [1.29, 1.82) is 0 Å². The van der Waals surface area contributed by atoms with Gasteiger partial charge in [0.25, 0.3) is 0 Å². The Hall–Kier alpha value is 3.28. The van der Waals surface area contributed by atoms with Crippen LogP contribution in [0.3, 0.4) is 0 Å². The van der Waals surface area contributed by atoms with E-state index in [4.69, 9.17) is 56.2 Å². The molecule has 0 saturated carbocycles. The van der Waals surface area contributed by atoms with Gasteiger partial charge in [-0.05, 0) is 0 Å². The average Bonchev–Trinajstić information content (AvgIpc) is 0.650. The smallest absolute Gasteiger partial charge is 1.00 e. The molecule has 0 unspecified atom stereocenters. The first kappa shape index (κ1) is 29.2. The molecule has 0 heterocycles. The van der Waals surface area contributed by atoms with E-state index in [0.29, 0.717) is 0 Å². The molecule has 0 aromatic heterocycles. The van der Waals surface area contributed by atoms with Crippen molar-refractivity contribution in [2.45, 2.75) is 0 Å². The van der Waals surface area contributed by atoms with Crippen LogP contribution in [0.5, 0.6) is 0 Å². The van der Waals surface area contributed by atoms with Crippen molar-refractivity contribution in [2.24, 2.45) is 0 Å². The summed E-state index contributed by atoms with van der Waals surface area (Å²) in [6, 6.07) is 0. The molecule has 10 heteroatoms. The SMILES string of the molecule is ClP(Cl)(Cl)(Cl)Cl.[Al+3].[Cl-].[Cl-].[Cl-]. The fraction of sp³-hybridized carbons (Fsp3) is 0. The van der Waals surface area contributed by atoms with Gasteiger partial charge in [-0.2, -0.15) is 0 Å². The van der Waals surface area contributed by atoms with Gasteiger partial charge in [0.2, 0.25) is 0 Å². The van der Waals surface area contributed by atoms with Crippen LogP contribution in [0.15, 0.2) is 0 Å². The van der Waals surface area contributed by atoms with E-state index in [1.165, 1.54) is 0 Å². The summed E-state index contributed by atoms with van der Waals surface area (Å²) in [6.07, 6.45) is 0. The summed E-state index contributed by atoms with van der Waals surface area (Å²) in [4.78, 5) is 0. The average molecular weight is 342 g/mol. The predicted octanol–water partition coefficient (Wildman–Crippen LogP) is -5.06. The summed E-state index contributed by atoms with van der Waals surface area (Å²) in [6.45, 7) is 0. The molecule has 0 fully saturated rings. The van der Waals surface area contributed by atoms with Crippen molar-refractivity contribution in [3.8, 4) is 0 Å². The zero-order valence-corrected chi connectivity index (χ0v) is 12.1. The largest absolute Gasteiger partial charge is 3.00 e. The summed E-state index contributed by atoms with van der Waals surface area (Å²) in [5.41, 5.74) is 0. The topological polar surface area (TPSA) is 0 Å². The molecule has 0 nitrogen and oxygen atoms in total. The second kappa shape index (κ2) is 8.86. The van der Waals surface area contributed by atoms with Crippen molar-refractivity contribution in [2.75, 3.05) is 0 Å². The maximum absolute atomic E-state index is 4.98. The Bertz CT molecular complexity index is 42.4. The van der Waals surface area contributed by atoms with Crippen LogP contribution in [0.2, 0.25) is 0 Å². The first-order valence-electron chi connectivity index (χ1n) is 0.845. The Kier molecular flexibility index (Phi) is 25.9. The second-order valence-corrected chi connectivity index (χ2v) is 17.2. The Balaban J connectivity index is -0.0000000208. The second-order valence-electron chi connectivity index (χ2n) is 0.639. The van der Waals surface area contributed by atoms with Crippen LogP contribution in [0, 0.1) is 0 Å². The fourth-order valence-corrected chi connectivity index (χ4v) is 0. The molecule has 0 bridgehead atoms. The van der Waals surface area contributed by atoms with Gasteiger partial charge in [0, 0.05) is 0 Å². The summed E-state index contributed by atoms with van der Waals surface area (Å²) in [7, 11) is 0. The molecule has 0 amide bonds. The van der Waals surface area contributed by atoms with Crippen molar-refractivity contribution < 1.29 is 37.2 Å². The molecule has 10 heavy (non-hydrogen) atoms. The van der Waals surface area contributed by atoms with Crippen LogP contribution in [0.4, 0.5) is 0 Å². The maximum Gasteiger partial charge on any atom is 3.00 e. The quantitative estimate of drug-likeness (QED) is 0.306. The van der Waals surface area contributed by atoms with Gasteiger partial charge in [0.1, 0.15) is 0 Å². The van der Waals surface area contributed by atoms with E-state index < -0.39 is 3.37 Å². The van der Waals surface area contributed by atoms with Crippen LogP contribution in [-0.4, -0.2) is 17.4 Å². The molecular formula is AlCl8P. The molecule has 0 radical (unpaired) electrons. The van der Waals surface area contributed by atoms with E-state index in [1.54, 1.807) is 0 Å². The normalized spacial score (nSPS) is 11.5. The number of halogens is 8. The van der Waals surface area contributed by atoms with Gasteiger partial charge in [-0.1, -0.05) is 0 Å². The van der Waals surface area contributed by atoms with Crippen molar-refractivity contribution in [3.63, 3.8) is 0 Å². The molecule has 0 aliphatic heterocycles. The minimum absolute atomic E-state index is 0. The van der Waals surface area contributed by atoms with E-state index in [1.807, 2.05) is 0 Å². The fourth-order valence-electron chi connectivity index (χ4n) is 0. The maximum atomic E-state index is 4.98. The Morgan fingerprint density at radius 2 is 0.600 bits per heavy atom. The van der Waals surface area contributed by atoms with Crippen LogP contribution in [0.25, 0.3) is 0 Å². The Morgan fingerprint density at radius 3 is 0.600 bits per heavy atom. The van der Waals surface area contributed by atoms with Crippen molar-refractivity contribution >= 4 is 76.9 Å². The molecule has 64 valence electrons. The minimum atomic E-state index is -3.69. The van der Waals surface area contributed by atoms with Gasteiger partial charge in [0.15, 0.2) is 0 Å². The first-order chi connectivity index (χ1) is 2.24. The molecule has 0 rings (SSSR count). The van der Waals surface area contributed by atoms with Crippen molar-refractivity contribution in [1.82, 2.24) is 0 Å². The van der Waals surface area contributed by atoms with Crippen LogP contribution >= 0.6 is 59.6 Å². The third-order valence-electron chi connectivity index (χ3n) is 0. The Labute approximate surface area is 113 Å². The molecule has 0 N–H and O–H groups in total. The first-order valence-corrected chi connectivity index (χ1v) is 7.61. The molecule has 0 aromatic carbocycles. The molecular weight excluding hydrogens is 342 g/mol. The molecule has 0 aromatic rings. The van der Waals surface area contributed by atoms with Gasteiger partial charge in [-0.15, -0.1) is 0 Å². The van der Waals surface area contributed by atoms with Crippen LogP contribution in [-0.2, 0) is 0 Å². The summed E-state index contributed by atoms with van der Waals surface area (Å²) >= 11 is 24.9. The van der Waals surface area contributed by atoms with E-state index in [9.17, 15) is 0 Å². The van der Waals surface area contributed by atoms with Crippen LogP contribution < -0.4 is 37.2 Å². The minimum Gasteiger partial charge on any atom is -1.00 e. The molecule has 0 saturated heterocycles. The van der Waals surface area contributed by atoms with E-state index >= 15 is 0 Å². The molecule has 0 aliphatic carbocycles. The van der Waals surface area contributed by atoms with Gasteiger partial charge < -0.3 is 37.2 Å². The molecule has 0 aliphatic rings. The summed E-state index contributed by atoms with van der Waals surface area (Å²) in [5.74, 6) is 0. The summed E-state index contributed by atoms with van der Waals surface area (Å²) < 4.78 is -3.69.